The molecule has 0 amide bonds. The van der Waals surface area contributed by atoms with Crippen LogP contribution in [0.5, 0.6) is 0 Å². The van der Waals surface area contributed by atoms with E-state index in [1.807, 2.05) is 49.4 Å². The maximum atomic E-state index is 14.3. The van der Waals surface area contributed by atoms with Crippen LogP contribution in [-0.2, 0) is 28.3 Å². The number of hydrogen-bond donors (Lipinski definition) is 1. The number of anilines is 1. The van der Waals surface area contributed by atoms with Gasteiger partial charge in [-0.1, -0.05) is 74.2 Å². The van der Waals surface area contributed by atoms with E-state index in [-0.39, 0.29) is 11.3 Å². The summed E-state index contributed by atoms with van der Waals surface area (Å²) in [5.41, 5.74) is 6.18. The zero-order valence-electron chi connectivity index (χ0n) is 24.4. The number of piperidine rings is 1. The Morgan fingerprint density at radius 1 is 0.976 bits per heavy atom. The van der Waals surface area contributed by atoms with Crippen molar-refractivity contribution in [3.63, 3.8) is 0 Å². The third kappa shape index (κ3) is 6.56. The fraction of sp³-hybridized carbons (Fsp3) is 0.419. The molecular weight excluding hydrogens is 553 g/mol. The van der Waals surface area contributed by atoms with Gasteiger partial charge in [-0.2, -0.15) is 9.61 Å². The molecule has 1 fully saturated rings. The van der Waals surface area contributed by atoms with Crippen molar-refractivity contribution >= 4 is 30.5 Å². The Morgan fingerprint density at radius 3 is 2.29 bits per heavy atom. The van der Waals surface area contributed by atoms with Gasteiger partial charge in [0.05, 0.1) is 11.3 Å². The molecule has 3 heterocycles. The number of fused-ring (bicyclic) bond motifs is 1. The van der Waals surface area contributed by atoms with Crippen LogP contribution in [0, 0.1) is 6.92 Å². The Hall–Kier alpha value is -3.05. The molecule has 4 aromatic rings. The maximum Gasteiger partial charge on any atom is 0.282 e. The summed E-state index contributed by atoms with van der Waals surface area (Å²) in [4.78, 5) is 16.6. The zero-order chi connectivity index (χ0) is 29.1. The summed E-state index contributed by atoms with van der Waals surface area (Å²) in [5, 5.41) is 4.99. The van der Waals surface area contributed by atoms with Crippen molar-refractivity contribution in [3.05, 3.63) is 76.2 Å². The first-order chi connectivity index (χ1) is 19.6. The summed E-state index contributed by atoms with van der Waals surface area (Å²) in [6.45, 7) is 11.8. The molecule has 1 atom stereocenters. The first kappa shape index (κ1) is 29.4. The summed E-state index contributed by atoms with van der Waals surface area (Å²) in [6, 6.07) is 18.4. The quantitative estimate of drug-likeness (QED) is 0.135. The van der Waals surface area contributed by atoms with E-state index in [0.29, 0.717) is 18.9 Å². The lowest BCUT2D eigenvalue weighted by Gasteiger charge is -2.30. The fourth-order valence-corrected chi connectivity index (χ4v) is 6.71. The molecule has 0 radical (unpaired) electrons. The monoisotopic (exact) mass is 592 g/mol. The van der Waals surface area contributed by atoms with Crippen molar-refractivity contribution in [1.82, 2.24) is 14.2 Å². The van der Waals surface area contributed by atoms with Crippen LogP contribution >= 0.6 is 0 Å². The van der Waals surface area contributed by atoms with Crippen molar-refractivity contribution < 1.29 is 13.5 Å². The van der Waals surface area contributed by atoms with Gasteiger partial charge >= 0.3 is 0 Å². The molecule has 0 saturated carbocycles. The highest BCUT2D eigenvalue weighted by molar-refractivity contribution is 7.78. The number of rotatable bonds is 10. The number of aromatic nitrogens is 3. The Morgan fingerprint density at radius 2 is 1.66 bits per heavy atom. The smallest absolute Gasteiger partial charge is 0.282 e. The van der Waals surface area contributed by atoms with E-state index < -0.39 is 19.2 Å². The molecule has 5 rings (SSSR count). The van der Waals surface area contributed by atoms with Gasteiger partial charge in [-0.3, -0.25) is 4.79 Å². The van der Waals surface area contributed by atoms with Crippen molar-refractivity contribution in [2.75, 3.05) is 24.6 Å². The molecule has 41 heavy (non-hydrogen) atoms. The molecule has 1 aliphatic heterocycles. The van der Waals surface area contributed by atoms with E-state index in [1.54, 1.807) is 16.6 Å². The molecule has 0 aliphatic carbocycles. The van der Waals surface area contributed by atoms with E-state index in [2.05, 4.69) is 29.1 Å². The first-order valence-electron chi connectivity index (χ1n) is 14.3. The predicted molar refractivity (Wildman–Crippen MR) is 170 cm³/mol. The summed E-state index contributed by atoms with van der Waals surface area (Å²) < 4.78 is 30.6. The number of benzene rings is 2. The predicted octanol–water partition coefficient (Wildman–Crippen LogP) is 6.16. The molecule has 1 N–H and O–H groups in total. The SMILES string of the molecule is Cc1c(-c2ccc(CS(=O)O)cc2)c(=O)n2nc(-c3ccccc3)c(N3CCCCC3)c2n1COCC[Si](C)(C)C. The minimum Gasteiger partial charge on any atom is -0.367 e. The van der Waals surface area contributed by atoms with Crippen molar-refractivity contribution in [2.24, 2.45) is 0 Å². The lowest BCUT2D eigenvalue weighted by atomic mass is 10.0. The normalized spacial score (nSPS) is 15.0. The topological polar surface area (TPSA) is 89.1 Å². The second-order valence-electron chi connectivity index (χ2n) is 12.1. The van der Waals surface area contributed by atoms with Gasteiger partial charge < -0.3 is 18.8 Å². The van der Waals surface area contributed by atoms with Crippen molar-refractivity contribution in [1.29, 1.82) is 0 Å². The Balaban J connectivity index is 1.72. The summed E-state index contributed by atoms with van der Waals surface area (Å²) in [6.07, 6.45) is 3.40. The van der Waals surface area contributed by atoms with Gasteiger partial charge in [0.15, 0.2) is 16.7 Å². The fourth-order valence-electron chi connectivity index (χ4n) is 5.47. The van der Waals surface area contributed by atoms with Crippen LogP contribution in [0.15, 0.2) is 59.4 Å². The van der Waals surface area contributed by atoms with Crippen LogP contribution in [0.2, 0.25) is 25.7 Å². The largest absolute Gasteiger partial charge is 0.367 e. The van der Waals surface area contributed by atoms with E-state index in [9.17, 15) is 13.6 Å². The zero-order valence-corrected chi connectivity index (χ0v) is 26.2. The highest BCUT2D eigenvalue weighted by Crippen LogP contribution is 2.37. The first-order valence-corrected chi connectivity index (χ1v) is 19.3. The highest BCUT2D eigenvalue weighted by Gasteiger charge is 2.28. The molecule has 1 saturated heterocycles. The highest BCUT2D eigenvalue weighted by atomic mass is 32.2. The molecule has 0 bridgehead atoms. The van der Waals surface area contributed by atoms with Crippen LogP contribution in [0.1, 0.15) is 30.5 Å². The third-order valence-corrected chi connectivity index (χ3v) is 10.0. The van der Waals surface area contributed by atoms with E-state index >= 15 is 0 Å². The third-order valence-electron chi connectivity index (χ3n) is 7.73. The van der Waals surface area contributed by atoms with Crippen LogP contribution in [-0.4, -0.2) is 50.7 Å². The molecule has 1 unspecified atom stereocenters. The van der Waals surface area contributed by atoms with Crippen LogP contribution < -0.4 is 10.5 Å². The van der Waals surface area contributed by atoms with Crippen LogP contribution in [0.3, 0.4) is 0 Å². The Bertz CT molecular complexity index is 1590. The lowest BCUT2D eigenvalue weighted by molar-refractivity contribution is 0.0878. The molecule has 10 heteroatoms. The van der Waals surface area contributed by atoms with Gasteiger partial charge in [0.1, 0.15) is 18.1 Å². The van der Waals surface area contributed by atoms with Crippen LogP contribution in [0.25, 0.3) is 28.0 Å². The minimum atomic E-state index is -1.93. The maximum absolute atomic E-state index is 14.3. The molecule has 218 valence electrons. The van der Waals surface area contributed by atoms with Gasteiger partial charge in [0.2, 0.25) is 0 Å². The standard InChI is InChI=1S/C31H40N4O4SSi/c1-23-27(25-15-13-24(14-16-25)21-40(37)38)31(36)35-30(34(23)22-39-19-20-41(2,3)4)29(33-17-9-6-10-18-33)28(32-35)26-11-7-5-8-12-26/h5,7-8,11-16H,6,9-10,17-22H2,1-4H3,(H,37,38). The van der Waals surface area contributed by atoms with Gasteiger partial charge in [-0.25, -0.2) is 4.21 Å². The summed E-state index contributed by atoms with van der Waals surface area (Å²) in [7, 11) is -1.28. The van der Waals surface area contributed by atoms with Gasteiger partial charge in [0, 0.05) is 39.0 Å². The number of nitrogens with zero attached hydrogens (tertiary/aromatic N) is 4. The molecule has 1 aliphatic rings. The second-order valence-corrected chi connectivity index (χ2v) is 18.6. The second kappa shape index (κ2) is 12.4. The van der Waals surface area contributed by atoms with E-state index in [1.165, 1.54) is 6.42 Å². The Kier molecular flexibility index (Phi) is 8.93. The number of hydrogen-bond acceptors (Lipinski definition) is 5. The van der Waals surface area contributed by atoms with Gasteiger partial charge in [0.25, 0.3) is 5.56 Å². The van der Waals surface area contributed by atoms with Gasteiger partial charge in [-0.15, -0.1) is 0 Å². The van der Waals surface area contributed by atoms with Crippen molar-refractivity contribution in [2.45, 2.75) is 64.4 Å². The molecule has 8 nitrogen and oxygen atoms in total. The Labute approximate surface area is 245 Å². The average Bonchev–Trinajstić information content (AvgIpc) is 3.34. The molecular formula is C31H40N4O4SSi. The molecule has 2 aromatic heterocycles. The summed E-state index contributed by atoms with van der Waals surface area (Å²) >= 11 is -1.93. The van der Waals surface area contributed by atoms with E-state index in [0.717, 1.165) is 71.4 Å². The molecule has 2 aromatic carbocycles. The summed E-state index contributed by atoms with van der Waals surface area (Å²) in [5.74, 6) is 0.0479. The van der Waals surface area contributed by atoms with Crippen molar-refractivity contribution in [3.8, 4) is 22.4 Å². The minimum absolute atomic E-state index is 0.0479. The van der Waals surface area contributed by atoms with E-state index in [4.69, 9.17) is 9.84 Å². The molecule has 0 spiro atoms. The number of ether oxygens (including phenoxy) is 1. The van der Waals surface area contributed by atoms with Crippen LogP contribution in [0.4, 0.5) is 5.69 Å². The average molecular weight is 593 g/mol. The van der Waals surface area contributed by atoms with Gasteiger partial charge in [-0.05, 0) is 43.4 Å². The lowest BCUT2D eigenvalue weighted by Crippen LogP contribution is -2.31.